The molecule has 1 fully saturated rings. The maximum absolute atomic E-state index is 11.2. The summed E-state index contributed by atoms with van der Waals surface area (Å²) in [7, 11) is 2.80. The van der Waals surface area contributed by atoms with E-state index in [0.717, 1.165) is 0 Å². The number of benzene rings is 1. The van der Waals surface area contributed by atoms with E-state index in [9.17, 15) is 10.1 Å². The van der Waals surface area contributed by atoms with Gasteiger partial charge in [-0.3, -0.25) is 10.1 Å². The Morgan fingerprint density at radius 2 is 1.78 bits per heavy atom. The molecule has 1 aromatic rings. The summed E-state index contributed by atoms with van der Waals surface area (Å²) < 4.78 is 20.7. The Bertz CT molecular complexity index is 455. The monoisotopic (exact) mass is 255 g/mol. The first-order valence-electron chi connectivity index (χ1n) is 5.31. The Morgan fingerprint density at radius 1 is 1.22 bits per heavy atom. The second-order valence-electron chi connectivity index (χ2n) is 3.56. The highest BCUT2D eigenvalue weighted by Gasteiger charge is 2.34. The molecule has 0 aromatic heterocycles. The van der Waals surface area contributed by atoms with Gasteiger partial charge in [0.05, 0.1) is 32.4 Å². The SMILES string of the molecule is COc1ccc(OC)c([N+](=O)[O-])c1C1OCCO1. The van der Waals surface area contributed by atoms with Crippen molar-refractivity contribution >= 4 is 5.69 Å². The molecule has 7 nitrogen and oxygen atoms in total. The smallest absolute Gasteiger partial charge is 0.322 e. The zero-order valence-corrected chi connectivity index (χ0v) is 10.0. The van der Waals surface area contributed by atoms with Crippen LogP contribution in [0.5, 0.6) is 11.5 Å². The van der Waals surface area contributed by atoms with Gasteiger partial charge in [0.1, 0.15) is 11.3 Å². The Morgan fingerprint density at radius 3 is 2.28 bits per heavy atom. The van der Waals surface area contributed by atoms with Crippen molar-refractivity contribution in [2.24, 2.45) is 0 Å². The third kappa shape index (κ3) is 2.09. The summed E-state index contributed by atoms with van der Waals surface area (Å²) in [4.78, 5) is 10.7. The first-order chi connectivity index (χ1) is 8.69. The molecule has 0 unspecified atom stereocenters. The number of hydrogen-bond donors (Lipinski definition) is 0. The molecular weight excluding hydrogens is 242 g/mol. The fourth-order valence-electron chi connectivity index (χ4n) is 1.85. The fourth-order valence-corrected chi connectivity index (χ4v) is 1.85. The second kappa shape index (κ2) is 5.19. The fraction of sp³-hybridized carbons (Fsp3) is 0.455. The Balaban J connectivity index is 2.59. The highest BCUT2D eigenvalue weighted by Crippen LogP contribution is 2.43. The van der Waals surface area contributed by atoms with Gasteiger partial charge < -0.3 is 18.9 Å². The topological polar surface area (TPSA) is 80.1 Å². The molecule has 1 aliphatic rings. The molecule has 1 aromatic carbocycles. The molecule has 1 saturated heterocycles. The highest BCUT2D eigenvalue weighted by atomic mass is 16.7. The summed E-state index contributed by atoms with van der Waals surface area (Å²) >= 11 is 0. The average Bonchev–Trinajstić information content (AvgIpc) is 2.90. The lowest BCUT2D eigenvalue weighted by molar-refractivity contribution is -0.387. The quantitative estimate of drug-likeness (QED) is 0.601. The third-order valence-electron chi connectivity index (χ3n) is 2.62. The summed E-state index contributed by atoms with van der Waals surface area (Å²) in [6.07, 6.45) is -0.796. The van der Waals surface area contributed by atoms with Crippen LogP contribution in [0.25, 0.3) is 0 Å². The number of nitro groups is 1. The molecule has 0 aliphatic carbocycles. The molecule has 18 heavy (non-hydrogen) atoms. The first-order valence-corrected chi connectivity index (χ1v) is 5.31. The van der Waals surface area contributed by atoms with Crippen molar-refractivity contribution in [1.29, 1.82) is 0 Å². The molecule has 98 valence electrons. The van der Waals surface area contributed by atoms with E-state index in [2.05, 4.69) is 0 Å². The van der Waals surface area contributed by atoms with Gasteiger partial charge in [-0.05, 0) is 12.1 Å². The van der Waals surface area contributed by atoms with Crippen LogP contribution in [0, 0.1) is 10.1 Å². The van der Waals surface area contributed by atoms with E-state index in [1.165, 1.54) is 20.3 Å². The van der Waals surface area contributed by atoms with Crippen LogP contribution in [0.2, 0.25) is 0 Å². The van der Waals surface area contributed by atoms with E-state index in [0.29, 0.717) is 19.0 Å². The van der Waals surface area contributed by atoms with Gasteiger partial charge in [-0.1, -0.05) is 0 Å². The molecule has 0 radical (unpaired) electrons. The minimum atomic E-state index is -0.796. The van der Waals surface area contributed by atoms with Crippen molar-refractivity contribution in [2.75, 3.05) is 27.4 Å². The molecule has 0 N–H and O–H groups in total. The number of nitro benzene ring substituents is 1. The van der Waals surface area contributed by atoms with Crippen molar-refractivity contribution in [3.05, 3.63) is 27.8 Å². The van der Waals surface area contributed by atoms with Crippen molar-refractivity contribution in [3.8, 4) is 11.5 Å². The van der Waals surface area contributed by atoms with Crippen molar-refractivity contribution in [1.82, 2.24) is 0 Å². The zero-order valence-electron chi connectivity index (χ0n) is 10.0. The number of rotatable bonds is 4. The van der Waals surface area contributed by atoms with Crippen LogP contribution in [0.1, 0.15) is 11.9 Å². The molecule has 7 heteroatoms. The van der Waals surface area contributed by atoms with E-state index in [1.807, 2.05) is 0 Å². The highest BCUT2D eigenvalue weighted by molar-refractivity contribution is 5.59. The summed E-state index contributed by atoms with van der Waals surface area (Å²) in [5.41, 5.74) is 0.0584. The van der Waals surface area contributed by atoms with Crippen LogP contribution in [-0.2, 0) is 9.47 Å². The van der Waals surface area contributed by atoms with Crippen molar-refractivity contribution in [2.45, 2.75) is 6.29 Å². The molecule has 0 bridgehead atoms. The van der Waals surface area contributed by atoms with E-state index < -0.39 is 11.2 Å². The molecule has 1 heterocycles. The van der Waals surface area contributed by atoms with Gasteiger partial charge >= 0.3 is 5.69 Å². The van der Waals surface area contributed by atoms with Gasteiger partial charge in [-0.2, -0.15) is 0 Å². The van der Waals surface area contributed by atoms with Gasteiger partial charge in [-0.25, -0.2) is 0 Å². The van der Waals surface area contributed by atoms with Crippen LogP contribution < -0.4 is 9.47 Å². The minimum absolute atomic E-state index is 0.148. The molecule has 0 atom stereocenters. The predicted octanol–water partition coefficient (Wildman–Crippen LogP) is 1.66. The molecule has 0 spiro atoms. The lowest BCUT2D eigenvalue weighted by Crippen LogP contribution is -2.07. The van der Waals surface area contributed by atoms with Crippen molar-refractivity contribution < 1.29 is 23.9 Å². The first kappa shape index (κ1) is 12.6. The summed E-state index contributed by atoms with van der Waals surface area (Å²) in [5, 5.41) is 11.2. The van der Waals surface area contributed by atoms with E-state index in [1.54, 1.807) is 6.07 Å². The molecule has 2 rings (SSSR count). The Hall–Kier alpha value is -1.86. The minimum Gasteiger partial charge on any atom is -0.496 e. The Labute approximate surface area is 103 Å². The van der Waals surface area contributed by atoms with E-state index >= 15 is 0 Å². The normalized spacial score (nSPS) is 15.7. The third-order valence-corrected chi connectivity index (χ3v) is 2.62. The standard InChI is InChI=1S/C11H13NO6/c1-15-7-3-4-8(16-2)10(12(13)14)9(7)11-17-5-6-18-11/h3-4,11H,5-6H2,1-2H3. The zero-order chi connectivity index (χ0) is 13.1. The average molecular weight is 255 g/mol. The summed E-state index contributed by atoms with van der Waals surface area (Å²) in [6, 6.07) is 3.07. The summed E-state index contributed by atoms with van der Waals surface area (Å²) in [5.74, 6) is 0.490. The molecule has 0 amide bonds. The largest absolute Gasteiger partial charge is 0.496 e. The van der Waals surface area contributed by atoms with Crippen LogP contribution in [0.15, 0.2) is 12.1 Å². The van der Waals surface area contributed by atoms with Crippen LogP contribution >= 0.6 is 0 Å². The van der Waals surface area contributed by atoms with Gasteiger partial charge in [0.2, 0.25) is 0 Å². The number of hydrogen-bond acceptors (Lipinski definition) is 6. The van der Waals surface area contributed by atoms with Crippen LogP contribution in [-0.4, -0.2) is 32.4 Å². The van der Waals surface area contributed by atoms with E-state index in [4.69, 9.17) is 18.9 Å². The molecule has 1 aliphatic heterocycles. The van der Waals surface area contributed by atoms with Gasteiger partial charge in [0.15, 0.2) is 12.0 Å². The second-order valence-corrected chi connectivity index (χ2v) is 3.56. The Kier molecular flexibility index (Phi) is 3.63. The van der Waals surface area contributed by atoms with E-state index in [-0.39, 0.29) is 17.0 Å². The maximum atomic E-state index is 11.2. The number of methoxy groups -OCH3 is 2. The number of nitrogens with zero attached hydrogens (tertiary/aromatic N) is 1. The number of ether oxygens (including phenoxy) is 4. The van der Waals surface area contributed by atoms with Crippen LogP contribution in [0.3, 0.4) is 0 Å². The van der Waals surface area contributed by atoms with Gasteiger partial charge in [0, 0.05) is 0 Å². The lowest BCUT2D eigenvalue weighted by atomic mass is 10.1. The predicted molar refractivity (Wildman–Crippen MR) is 60.8 cm³/mol. The van der Waals surface area contributed by atoms with Gasteiger partial charge in [0.25, 0.3) is 0 Å². The van der Waals surface area contributed by atoms with Gasteiger partial charge in [-0.15, -0.1) is 0 Å². The summed E-state index contributed by atoms with van der Waals surface area (Å²) in [6.45, 7) is 0.782. The lowest BCUT2D eigenvalue weighted by Gasteiger charge is -2.15. The van der Waals surface area contributed by atoms with Crippen molar-refractivity contribution in [3.63, 3.8) is 0 Å². The molecular formula is C11H13NO6. The maximum Gasteiger partial charge on any atom is 0.322 e. The van der Waals surface area contributed by atoms with Crippen LogP contribution in [0.4, 0.5) is 5.69 Å². The molecule has 0 saturated carbocycles.